The van der Waals surface area contributed by atoms with Gasteiger partial charge in [-0.05, 0) is 78.9 Å². The fraction of sp³-hybridized carbons (Fsp3) is 0.231. The predicted molar refractivity (Wildman–Crippen MR) is 195 cm³/mol. The fourth-order valence-electron chi connectivity index (χ4n) is 8.90. The van der Waals surface area contributed by atoms with Crippen molar-refractivity contribution in [2.75, 3.05) is 16.9 Å². The lowest BCUT2D eigenvalue weighted by molar-refractivity contribution is -0.127. The number of phenols is 1. The standard InChI is InChI=1S/C39H29Br2ClN2O6/c1-50-31-17-22(41)16-29(34(31)45)33-26-14-15-27-32(37(48)43(35(27)46)24-12-10-21(40)11-13-24)28(26)19-30-36(47)44(25-9-5-8-23(42)18-25)38(49)39(30,33)20-6-3-2-4-7-20/h2-14,16-18,27-28,30,32-33,45H,15,19H2,1H3. The van der Waals surface area contributed by atoms with E-state index in [1.807, 2.05) is 36.4 Å². The van der Waals surface area contributed by atoms with Crippen LogP contribution in [0.2, 0.25) is 5.02 Å². The van der Waals surface area contributed by atoms with Crippen molar-refractivity contribution in [1.82, 2.24) is 0 Å². The lowest BCUT2D eigenvalue weighted by Crippen LogP contribution is -2.53. The first kappa shape index (κ1) is 32.9. The molecule has 50 heavy (non-hydrogen) atoms. The number of ether oxygens (including phenoxy) is 1. The Kier molecular flexibility index (Phi) is 8.04. The number of allylic oxidation sites excluding steroid dienone is 2. The highest BCUT2D eigenvalue weighted by Gasteiger charge is 2.70. The molecule has 0 spiro atoms. The molecule has 0 aromatic heterocycles. The van der Waals surface area contributed by atoms with Crippen LogP contribution >= 0.6 is 43.5 Å². The van der Waals surface area contributed by atoms with Gasteiger partial charge < -0.3 is 9.84 Å². The fourth-order valence-corrected chi connectivity index (χ4v) is 9.81. The molecule has 3 fully saturated rings. The maximum Gasteiger partial charge on any atom is 0.246 e. The quantitative estimate of drug-likeness (QED) is 0.162. The second-order valence-corrected chi connectivity index (χ2v) is 15.4. The molecule has 2 aliphatic heterocycles. The average Bonchev–Trinajstić information content (AvgIpc) is 3.50. The highest BCUT2D eigenvalue weighted by atomic mass is 79.9. The van der Waals surface area contributed by atoms with Gasteiger partial charge in [-0.3, -0.25) is 24.1 Å². The van der Waals surface area contributed by atoms with Crippen molar-refractivity contribution in [1.29, 1.82) is 0 Å². The van der Waals surface area contributed by atoms with Crippen LogP contribution in [0, 0.1) is 23.7 Å². The van der Waals surface area contributed by atoms with Gasteiger partial charge in [0.05, 0.1) is 41.7 Å². The summed E-state index contributed by atoms with van der Waals surface area (Å²) in [5.74, 6) is -5.41. The molecule has 4 aromatic rings. The predicted octanol–water partition coefficient (Wildman–Crippen LogP) is 7.95. The third-order valence-electron chi connectivity index (χ3n) is 10.9. The summed E-state index contributed by atoms with van der Waals surface area (Å²) in [7, 11) is 1.44. The Bertz CT molecular complexity index is 2140. The second kappa shape index (κ2) is 12.2. The Balaban J connectivity index is 1.38. The summed E-state index contributed by atoms with van der Waals surface area (Å²) in [5.41, 5.74) is 0.970. The SMILES string of the molecule is COc1cc(Br)cc(C2C3=CCC4C(=O)N(c5ccc(Br)cc5)C(=O)C4C3CC3C(=O)N(c4cccc(Cl)c4)C(=O)C32c2ccccc2)c1O. The van der Waals surface area contributed by atoms with E-state index >= 15 is 4.79 Å². The zero-order valence-electron chi connectivity index (χ0n) is 26.6. The summed E-state index contributed by atoms with van der Waals surface area (Å²) >= 11 is 13.4. The Morgan fingerprint density at radius 2 is 1.54 bits per heavy atom. The first-order chi connectivity index (χ1) is 24.1. The van der Waals surface area contributed by atoms with Gasteiger partial charge in [-0.1, -0.05) is 91.5 Å². The molecule has 1 saturated carbocycles. The van der Waals surface area contributed by atoms with E-state index in [0.717, 1.165) is 10.0 Å². The van der Waals surface area contributed by atoms with E-state index < -0.39 is 46.8 Å². The third kappa shape index (κ3) is 4.68. The van der Waals surface area contributed by atoms with Crippen molar-refractivity contribution < 1.29 is 29.0 Å². The molecule has 2 aliphatic carbocycles. The highest BCUT2D eigenvalue weighted by molar-refractivity contribution is 9.10. The molecule has 2 saturated heterocycles. The molecule has 8 rings (SSSR count). The van der Waals surface area contributed by atoms with Gasteiger partial charge in [0.1, 0.15) is 0 Å². The van der Waals surface area contributed by atoms with Crippen LogP contribution in [0.25, 0.3) is 0 Å². The van der Waals surface area contributed by atoms with Gasteiger partial charge >= 0.3 is 0 Å². The summed E-state index contributed by atoms with van der Waals surface area (Å²) < 4.78 is 6.99. The number of imide groups is 2. The number of nitrogens with zero attached hydrogens (tertiary/aromatic N) is 2. The van der Waals surface area contributed by atoms with E-state index in [2.05, 4.69) is 31.9 Å². The molecule has 8 nitrogen and oxygen atoms in total. The zero-order chi connectivity index (χ0) is 35.1. The number of hydrogen-bond donors (Lipinski definition) is 1. The van der Waals surface area contributed by atoms with Crippen LogP contribution in [-0.4, -0.2) is 35.8 Å². The van der Waals surface area contributed by atoms with E-state index in [1.165, 1.54) is 16.9 Å². The zero-order valence-corrected chi connectivity index (χ0v) is 30.5. The summed E-state index contributed by atoms with van der Waals surface area (Å²) in [6, 6.07) is 26.2. The molecular weight excluding hydrogens is 788 g/mol. The third-order valence-corrected chi connectivity index (χ3v) is 12.1. The van der Waals surface area contributed by atoms with E-state index in [4.69, 9.17) is 16.3 Å². The number of amides is 4. The number of rotatable bonds is 5. The largest absolute Gasteiger partial charge is 0.504 e. The summed E-state index contributed by atoms with van der Waals surface area (Å²) in [6.07, 6.45) is 2.35. The van der Waals surface area contributed by atoms with Crippen LogP contribution in [0.1, 0.15) is 29.9 Å². The smallest absolute Gasteiger partial charge is 0.246 e. The minimum atomic E-state index is -1.53. The Morgan fingerprint density at radius 3 is 2.24 bits per heavy atom. The van der Waals surface area contributed by atoms with Crippen LogP contribution < -0.4 is 14.5 Å². The molecule has 6 atom stereocenters. The van der Waals surface area contributed by atoms with E-state index in [-0.39, 0.29) is 36.2 Å². The molecular formula is C39H29Br2ClN2O6. The normalized spacial score (nSPS) is 27.2. The summed E-state index contributed by atoms with van der Waals surface area (Å²) in [4.78, 5) is 61.2. The molecule has 11 heteroatoms. The van der Waals surface area contributed by atoms with Gasteiger partial charge in [-0.2, -0.15) is 0 Å². The molecule has 6 unspecified atom stereocenters. The maximum atomic E-state index is 15.4. The number of phenolic OH excluding ortho intramolecular Hbond substituents is 1. The van der Waals surface area contributed by atoms with E-state index in [0.29, 0.717) is 32.0 Å². The Hall–Kier alpha value is -4.25. The number of methoxy groups -OCH3 is 1. The number of carbonyl (C=O) groups excluding carboxylic acids is 4. The second-order valence-electron chi connectivity index (χ2n) is 13.1. The van der Waals surface area contributed by atoms with Crippen LogP contribution in [0.15, 0.2) is 112 Å². The molecule has 0 radical (unpaired) electrons. The van der Waals surface area contributed by atoms with Gasteiger partial charge in [0.2, 0.25) is 23.6 Å². The number of halogens is 3. The molecule has 4 aromatic carbocycles. The molecule has 4 aliphatic rings. The van der Waals surface area contributed by atoms with Crippen molar-refractivity contribution in [3.63, 3.8) is 0 Å². The molecule has 2 heterocycles. The number of aromatic hydroxyl groups is 1. The van der Waals surface area contributed by atoms with Gasteiger partial charge in [-0.15, -0.1) is 0 Å². The molecule has 0 bridgehead atoms. The average molecular weight is 817 g/mol. The van der Waals surface area contributed by atoms with Crippen molar-refractivity contribution in [2.24, 2.45) is 23.7 Å². The van der Waals surface area contributed by atoms with Crippen LogP contribution in [0.4, 0.5) is 11.4 Å². The van der Waals surface area contributed by atoms with E-state index in [9.17, 15) is 19.5 Å². The first-order valence-corrected chi connectivity index (χ1v) is 18.1. The molecule has 252 valence electrons. The number of benzene rings is 4. The maximum absolute atomic E-state index is 15.4. The molecule has 1 N–H and O–H groups in total. The lowest BCUT2D eigenvalue weighted by atomic mass is 9.49. The molecule has 4 amide bonds. The number of fused-ring (bicyclic) bond motifs is 4. The lowest BCUT2D eigenvalue weighted by Gasteiger charge is -2.50. The first-order valence-electron chi connectivity index (χ1n) is 16.2. The van der Waals surface area contributed by atoms with Gasteiger partial charge in [0.15, 0.2) is 11.5 Å². The van der Waals surface area contributed by atoms with Gasteiger partial charge in [0.25, 0.3) is 0 Å². The van der Waals surface area contributed by atoms with Crippen LogP contribution in [0.3, 0.4) is 0 Å². The highest BCUT2D eigenvalue weighted by Crippen LogP contribution is 2.66. The van der Waals surface area contributed by atoms with Gasteiger partial charge in [0, 0.05) is 25.4 Å². The van der Waals surface area contributed by atoms with Crippen molar-refractivity contribution in [3.05, 3.63) is 128 Å². The summed E-state index contributed by atoms with van der Waals surface area (Å²) in [6.45, 7) is 0. The Labute approximate surface area is 309 Å². The number of hydrogen-bond acceptors (Lipinski definition) is 6. The van der Waals surface area contributed by atoms with Crippen LogP contribution in [0.5, 0.6) is 11.5 Å². The number of carbonyl (C=O) groups is 4. The van der Waals surface area contributed by atoms with Crippen molar-refractivity contribution in [2.45, 2.75) is 24.2 Å². The van der Waals surface area contributed by atoms with Crippen molar-refractivity contribution >= 4 is 78.5 Å². The Morgan fingerprint density at radius 1 is 0.800 bits per heavy atom. The number of anilines is 2. The summed E-state index contributed by atoms with van der Waals surface area (Å²) in [5, 5.41) is 12.2. The minimum Gasteiger partial charge on any atom is -0.504 e. The van der Waals surface area contributed by atoms with Gasteiger partial charge in [-0.25, -0.2) is 4.90 Å². The topological polar surface area (TPSA) is 104 Å². The van der Waals surface area contributed by atoms with E-state index in [1.54, 1.807) is 60.7 Å². The minimum absolute atomic E-state index is 0.138. The van der Waals surface area contributed by atoms with Crippen LogP contribution in [-0.2, 0) is 24.6 Å². The monoisotopic (exact) mass is 814 g/mol. The van der Waals surface area contributed by atoms with Crippen molar-refractivity contribution in [3.8, 4) is 11.5 Å².